The monoisotopic (exact) mass is 493 g/mol. The van der Waals surface area contributed by atoms with Gasteiger partial charge in [0.05, 0.1) is 28.7 Å². The first-order chi connectivity index (χ1) is 15.7. The molecule has 0 aliphatic carbocycles. The van der Waals surface area contributed by atoms with E-state index in [4.69, 9.17) is 16.3 Å². The Labute approximate surface area is 199 Å². The molecule has 2 aromatic carbocycles. The van der Waals surface area contributed by atoms with Crippen LogP contribution in [0.25, 0.3) is 0 Å². The summed E-state index contributed by atoms with van der Waals surface area (Å²) in [6.45, 7) is 4.42. The molecule has 2 rings (SSSR count). The number of hydrogen-bond acceptors (Lipinski definition) is 5. The molecule has 1 N–H and O–H groups in total. The summed E-state index contributed by atoms with van der Waals surface area (Å²) in [6.07, 6.45) is 2.11. The van der Waals surface area contributed by atoms with Crippen molar-refractivity contribution in [2.75, 3.05) is 44.7 Å². The molecule has 8 nitrogen and oxygen atoms in total. The predicted octanol–water partition coefficient (Wildman–Crippen LogP) is 2.95. The normalized spacial score (nSPS) is 11.0. The Morgan fingerprint density at radius 2 is 1.91 bits per heavy atom. The van der Waals surface area contributed by atoms with Crippen LogP contribution in [0.1, 0.15) is 16.8 Å². The second kappa shape index (κ2) is 12.4. The minimum atomic E-state index is -4.05. The van der Waals surface area contributed by atoms with Crippen LogP contribution in [0.3, 0.4) is 0 Å². The van der Waals surface area contributed by atoms with Crippen LogP contribution in [0, 0.1) is 0 Å². The summed E-state index contributed by atoms with van der Waals surface area (Å²) in [4.78, 5) is 26.0. The minimum absolute atomic E-state index is 0.00656. The lowest BCUT2D eigenvalue weighted by Crippen LogP contribution is -2.39. The van der Waals surface area contributed by atoms with Crippen LogP contribution < -0.4 is 9.62 Å². The average Bonchev–Trinajstić information content (AvgIpc) is 2.80. The van der Waals surface area contributed by atoms with E-state index in [1.165, 1.54) is 42.3 Å². The van der Waals surface area contributed by atoms with Crippen LogP contribution in [-0.2, 0) is 19.6 Å². The summed E-state index contributed by atoms with van der Waals surface area (Å²) in [5, 5.41) is 2.98. The summed E-state index contributed by atoms with van der Waals surface area (Å²) in [7, 11) is -0.990. The van der Waals surface area contributed by atoms with Crippen LogP contribution in [0.2, 0.25) is 5.02 Å². The molecule has 0 unspecified atom stereocenters. The Bertz CT molecular complexity index is 1090. The van der Waals surface area contributed by atoms with Gasteiger partial charge in [0.25, 0.3) is 15.9 Å². The molecule has 0 saturated heterocycles. The highest BCUT2D eigenvalue weighted by Crippen LogP contribution is 2.30. The summed E-state index contributed by atoms with van der Waals surface area (Å²) < 4.78 is 32.8. The Kier molecular flexibility index (Phi) is 9.90. The molecule has 2 aromatic rings. The molecule has 0 bridgehead atoms. The predicted molar refractivity (Wildman–Crippen MR) is 129 cm³/mol. The summed E-state index contributed by atoms with van der Waals surface area (Å²) in [5.74, 6) is -0.797. The maximum absolute atomic E-state index is 13.4. The summed E-state index contributed by atoms with van der Waals surface area (Å²) in [6, 6.07) is 12.3. The van der Waals surface area contributed by atoms with Crippen LogP contribution in [0.15, 0.2) is 66.1 Å². The highest BCUT2D eigenvalue weighted by molar-refractivity contribution is 7.92. The zero-order chi connectivity index (χ0) is 24.4. The van der Waals surface area contributed by atoms with Gasteiger partial charge in [0.1, 0.15) is 0 Å². The Balaban J connectivity index is 2.23. The van der Waals surface area contributed by atoms with E-state index in [1.807, 2.05) is 0 Å². The number of halogens is 1. The van der Waals surface area contributed by atoms with E-state index >= 15 is 0 Å². The van der Waals surface area contributed by atoms with E-state index in [9.17, 15) is 18.0 Å². The van der Waals surface area contributed by atoms with Crippen molar-refractivity contribution in [1.29, 1.82) is 0 Å². The Hall–Kier alpha value is -2.88. The molecular formula is C23H28ClN3O5S. The molecule has 33 heavy (non-hydrogen) atoms. The van der Waals surface area contributed by atoms with Gasteiger partial charge in [-0.1, -0.05) is 35.9 Å². The van der Waals surface area contributed by atoms with Gasteiger partial charge < -0.3 is 15.0 Å². The van der Waals surface area contributed by atoms with Crippen molar-refractivity contribution in [2.45, 2.75) is 11.3 Å². The van der Waals surface area contributed by atoms with E-state index in [0.717, 1.165) is 4.31 Å². The molecule has 0 aliphatic rings. The zero-order valence-corrected chi connectivity index (χ0v) is 20.2. The summed E-state index contributed by atoms with van der Waals surface area (Å²) in [5.41, 5.74) is 0.446. The van der Waals surface area contributed by atoms with Gasteiger partial charge in [-0.3, -0.25) is 13.9 Å². The van der Waals surface area contributed by atoms with Gasteiger partial charge in [-0.25, -0.2) is 8.42 Å². The van der Waals surface area contributed by atoms with Crippen molar-refractivity contribution >= 4 is 39.1 Å². The molecule has 0 aliphatic heterocycles. The lowest BCUT2D eigenvalue weighted by atomic mass is 10.2. The molecule has 0 fully saturated rings. The van der Waals surface area contributed by atoms with Crippen molar-refractivity contribution in [1.82, 2.24) is 10.2 Å². The molecule has 178 valence electrons. The van der Waals surface area contributed by atoms with Gasteiger partial charge in [0, 0.05) is 32.9 Å². The third kappa shape index (κ3) is 7.05. The summed E-state index contributed by atoms with van der Waals surface area (Å²) >= 11 is 6.23. The van der Waals surface area contributed by atoms with Gasteiger partial charge in [-0.2, -0.15) is 0 Å². The number of amides is 2. The number of likely N-dealkylation sites (N-methyl/N-ethyl adjacent to an activating group) is 1. The SMILES string of the molecule is C=CCN(c1ccccc1Cl)S(=O)(=O)c1cccc(C(=O)N(C)CC(=O)NCCCOC)c1. The fourth-order valence-corrected chi connectivity index (χ4v) is 4.81. The number of carbonyl (C=O) groups excluding carboxylic acids is 2. The van der Waals surface area contributed by atoms with Gasteiger partial charge in [0.2, 0.25) is 5.91 Å². The molecule has 0 atom stereocenters. The number of anilines is 1. The van der Waals surface area contributed by atoms with E-state index in [0.29, 0.717) is 25.3 Å². The number of nitrogens with zero attached hydrogens (tertiary/aromatic N) is 2. The van der Waals surface area contributed by atoms with E-state index in [-0.39, 0.29) is 34.5 Å². The van der Waals surface area contributed by atoms with Crippen molar-refractivity contribution in [2.24, 2.45) is 0 Å². The van der Waals surface area contributed by atoms with Crippen molar-refractivity contribution < 1.29 is 22.7 Å². The Morgan fingerprint density at radius 3 is 2.58 bits per heavy atom. The third-order valence-corrected chi connectivity index (χ3v) is 6.76. The smallest absolute Gasteiger partial charge is 0.264 e. The van der Waals surface area contributed by atoms with Crippen LogP contribution in [0.5, 0.6) is 0 Å². The number of methoxy groups -OCH3 is 1. The zero-order valence-electron chi connectivity index (χ0n) is 18.7. The molecule has 0 heterocycles. The first kappa shape index (κ1) is 26.4. The lowest BCUT2D eigenvalue weighted by molar-refractivity contribution is -0.121. The number of rotatable bonds is 12. The van der Waals surface area contributed by atoms with Gasteiger partial charge in [-0.05, 0) is 36.8 Å². The van der Waals surface area contributed by atoms with Crippen molar-refractivity contribution in [3.05, 3.63) is 71.8 Å². The highest BCUT2D eigenvalue weighted by atomic mass is 35.5. The van der Waals surface area contributed by atoms with E-state index in [2.05, 4.69) is 11.9 Å². The standard InChI is InChI=1S/C23H28ClN3O5S/c1-4-14-27(21-12-6-5-11-20(21)24)33(30,31)19-10-7-9-18(16-19)23(29)26(2)17-22(28)25-13-8-15-32-3/h4-7,9-12,16H,1,8,13-15,17H2,2-3H3,(H,25,28). The van der Waals surface area contributed by atoms with Crippen LogP contribution >= 0.6 is 11.6 Å². The third-order valence-electron chi connectivity index (χ3n) is 4.66. The second-order valence-electron chi connectivity index (χ2n) is 7.16. The lowest BCUT2D eigenvalue weighted by Gasteiger charge is -2.24. The average molecular weight is 494 g/mol. The van der Waals surface area contributed by atoms with Crippen molar-refractivity contribution in [3.63, 3.8) is 0 Å². The van der Waals surface area contributed by atoms with Crippen molar-refractivity contribution in [3.8, 4) is 0 Å². The van der Waals surface area contributed by atoms with Gasteiger partial charge in [0.15, 0.2) is 0 Å². The second-order valence-corrected chi connectivity index (χ2v) is 9.43. The van der Waals surface area contributed by atoms with Gasteiger partial charge >= 0.3 is 0 Å². The quantitative estimate of drug-likeness (QED) is 0.362. The highest BCUT2D eigenvalue weighted by Gasteiger charge is 2.27. The maximum atomic E-state index is 13.4. The molecule has 0 spiro atoms. The van der Waals surface area contributed by atoms with Gasteiger partial charge in [-0.15, -0.1) is 6.58 Å². The Morgan fingerprint density at radius 1 is 1.18 bits per heavy atom. The molecule has 10 heteroatoms. The fourth-order valence-electron chi connectivity index (χ4n) is 3.02. The molecule has 2 amide bonds. The largest absolute Gasteiger partial charge is 0.385 e. The number of carbonyl (C=O) groups is 2. The topological polar surface area (TPSA) is 96.0 Å². The minimum Gasteiger partial charge on any atom is -0.385 e. The first-order valence-electron chi connectivity index (χ1n) is 10.2. The maximum Gasteiger partial charge on any atom is 0.264 e. The number of nitrogens with one attached hydrogen (secondary N) is 1. The number of sulfonamides is 1. The number of benzene rings is 2. The molecule has 0 radical (unpaired) electrons. The molecular weight excluding hydrogens is 466 g/mol. The first-order valence-corrected chi connectivity index (χ1v) is 12.0. The number of hydrogen-bond donors (Lipinski definition) is 1. The number of ether oxygens (including phenoxy) is 1. The number of para-hydroxylation sites is 1. The van der Waals surface area contributed by atoms with E-state index in [1.54, 1.807) is 31.4 Å². The van der Waals surface area contributed by atoms with Crippen LogP contribution in [0.4, 0.5) is 5.69 Å². The molecule has 0 aromatic heterocycles. The molecule has 0 saturated carbocycles. The van der Waals surface area contributed by atoms with Crippen LogP contribution in [-0.4, -0.2) is 65.5 Å². The van der Waals surface area contributed by atoms with E-state index < -0.39 is 15.9 Å². The fraction of sp³-hybridized carbons (Fsp3) is 0.304.